The molecule has 0 aromatic heterocycles. The lowest BCUT2D eigenvalue weighted by molar-refractivity contribution is -0.0154. The van der Waals surface area contributed by atoms with E-state index in [4.69, 9.17) is 16.3 Å². The van der Waals surface area contributed by atoms with Gasteiger partial charge in [0.2, 0.25) is 0 Å². The summed E-state index contributed by atoms with van der Waals surface area (Å²) in [5.74, 6) is 0.594. The normalized spacial score (nSPS) is 18.9. The predicted molar refractivity (Wildman–Crippen MR) is 84.6 cm³/mol. The van der Waals surface area contributed by atoms with E-state index >= 15 is 0 Å². The Hall–Kier alpha value is -1.26. The van der Waals surface area contributed by atoms with E-state index in [-0.39, 0.29) is 12.1 Å². The predicted octanol–water partition coefficient (Wildman–Crippen LogP) is 3.47. The van der Waals surface area contributed by atoms with Crippen molar-refractivity contribution in [1.82, 2.24) is 10.2 Å². The summed E-state index contributed by atoms with van der Waals surface area (Å²) >= 11 is 5.90. The Balaban J connectivity index is 1.88. The van der Waals surface area contributed by atoms with Crippen LogP contribution in [0.1, 0.15) is 31.9 Å². The van der Waals surface area contributed by atoms with Crippen molar-refractivity contribution in [2.45, 2.75) is 26.4 Å². The Labute approximate surface area is 131 Å². The van der Waals surface area contributed by atoms with Crippen LogP contribution in [0.2, 0.25) is 5.02 Å². The zero-order valence-corrected chi connectivity index (χ0v) is 13.4. The molecule has 1 N–H and O–H groups in total. The van der Waals surface area contributed by atoms with Crippen molar-refractivity contribution in [3.05, 3.63) is 34.9 Å². The Kier molecular flexibility index (Phi) is 5.88. The van der Waals surface area contributed by atoms with Crippen LogP contribution in [0.5, 0.6) is 0 Å². The van der Waals surface area contributed by atoms with Crippen LogP contribution in [0, 0.1) is 5.92 Å². The highest BCUT2D eigenvalue weighted by Gasteiger charge is 2.25. The first-order valence-corrected chi connectivity index (χ1v) is 7.84. The van der Waals surface area contributed by atoms with Gasteiger partial charge in [0.1, 0.15) is 6.10 Å². The summed E-state index contributed by atoms with van der Waals surface area (Å²) in [5.41, 5.74) is 1.05. The summed E-state index contributed by atoms with van der Waals surface area (Å²) < 4.78 is 5.76. The van der Waals surface area contributed by atoms with Crippen molar-refractivity contribution in [2.75, 3.05) is 26.2 Å². The summed E-state index contributed by atoms with van der Waals surface area (Å²) in [7, 11) is 0. The fraction of sp³-hybridized carbons (Fsp3) is 0.562. The van der Waals surface area contributed by atoms with Crippen molar-refractivity contribution in [3.8, 4) is 0 Å². The van der Waals surface area contributed by atoms with Crippen LogP contribution in [-0.4, -0.2) is 37.2 Å². The summed E-state index contributed by atoms with van der Waals surface area (Å²) in [6.45, 7) is 6.80. The van der Waals surface area contributed by atoms with Gasteiger partial charge in [-0.2, -0.15) is 0 Å². The number of carbonyl (C=O) groups is 1. The van der Waals surface area contributed by atoms with Crippen molar-refractivity contribution in [2.24, 2.45) is 5.92 Å². The third-order valence-electron chi connectivity index (χ3n) is 3.59. The maximum absolute atomic E-state index is 12.1. The van der Waals surface area contributed by atoms with E-state index in [9.17, 15) is 4.79 Å². The van der Waals surface area contributed by atoms with E-state index in [2.05, 4.69) is 19.2 Å². The van der Waals surface area contributed by atoms with Gasteiger partial charge in [-0.1, -0.05) is 37.6 Å². The van der Waals surface area contributed by atoms with Crippen molar-refractivity contribution < 1.29 is 9.53 Å². The molecule has 2 rings (SSSR count). The number of benzene rings is 1. The standard InChI is InChI=1S/C16H23ClN2O2/c1-12(2)7-8-18-16(20)19-9-10-21-15(11-19)13-3-5-14(17)6-4-13/h3-6,12,15H,7-11H2,1-2H3,(H,18,20). The number of rotatable bonds is 4. The quantitative estimate of drug-likeness (QED) is 0.925. The first-order chi connectivity index (χ1) is 10.1. The molecule has 1 unspecified atom stereocenters. The van der Waals surface area contributed by atoms with Gasteiger partial charge in [0.25, 0.3) is 0 Å². The van der Waals surface area contributed by atoms with Crippen molar-refractivity contribution >= 4 is 17.6 Å². The highest BCUT2D eigenvalue weighted by molar-refractivity contribution is 6.30. The highest BCUT2D eigenvalue weighted by atomic mass is 35.5. The molecule has 5 heteroatoms. The summed E-state index contributed by atoms with van der Waals surface area (Å²) in [6.07, 6.45) is 0.920. The number of nitrogens with one attached hydrogen (secondary N) is 1. The zero-order chi connectivity index (χ0) is 15.2. The van der Waals surface area contributed by atoms with Gasteiger partial charge in [0, 0.05) is 18.1 Å². The lowest BCUT2D eigenvalue weighted by Crippen LogP contribution is -2.47. The van der Waals surface area contributed by atoms with Gasteiger partial charge >= 0.3 is 6.03 Å². The molecule has 4 nitrogen and oxygen atoms in total. The van der Waals surface area contributed by atoms with E-state index in [0.29, 0.717) is 30.6 Å². The average molecular weight is 311 g/mol. The number of hydrogen-bond acceptors (Lipinski definition) is 2. The molecule has 0 aliphatic carbocycles. The molecule has 1 aromatic rings. The minimum Gasteiger partial charge on any atom is -0.370 e. The average Bonchev–Trinajstić information content (AvgIpc) is 2.47. The SMILES string of the molecule is CC(C)CCNC(=O)N1CCOC(c2ccc(Cl)cc2)C1. The molecule has 116 valence electrons. The number of amides is 2. The lowest BCUT2D eigenvalue weighted by atomic mass is 10.1. The molecule has 1 aliphatic heterocycles. The van der Waals surface area contributed by atoms with Crippen molar-refractivity contribution in [3.63, 3.8) is 0 Å². The van der Waals surface area contributed by atoms with Crippen LogP contribution < -0.4 is 5.32 Å². The van der Waals surface area contributed by atoms with E-state index in [1.807, 2.05) is 29.2 Å². The zero-order valence-electron chi connectivity index (χ0n) is 12.6. The third kappa shape index (κ3) is 4.90. The molecule has 0 saturated carbocycles. The second-order valence-electron chi connectivity index (χ2n) is 5.77. The summed E-state index contributed by atoms with van der Waals surface area (Å²) in [6, 6.07) is 7.60. The van der Waals surface area contributed by atoms with Crippen LogP contribution in [0.25, 0.3) is 0 Å². The molecule has 1 aromatic carbocycles. The monoisotopic (exact) mass is 310 g/mol. The van der Waals surface area contributed by atoms with Crippen molar-refractivity contribution in [1.29, 1.82) is 0 Å². The minimum atomic E-state index is -0.0770. The second-order valence-corrected chi connectivity index (χ2v) is 6.21. The van der Waals surface area contributed by atoms with Crippen LogP contribution in [0.4, 0.5) is 4.79 Å². The largest absolute Gasteiger partial charge is 0.370 e. The topological polar surface area (TPSA) is 41.6 Å². The number of hydrogen-bond donors (Lipinski definition) is 1. The Morgan fingerprint density at radius 2 is 2.14 bits per heavy atom. The number of urea groups is 1. The van der Waals surface area contributed by atoms with E-state index < -0.39 is 0 Å². The van der Waals surface area contributed by atoms with Gasteiger partial charge in [0.15, 0.2) is 0 Å². The number of nitrogens with zero attached hydrogens (tertiary/aromatic N) is 1. The fourth-order valence-corrected chi connectivity index (χ4v) is 2.42. The first kappa shape index (κ1) is 16.1. The molecule has 0 spiro atoms. The maximum atomic E-state index is 12.1. The molecule has 1 saturated heterocycles. The smallest absolute Gasteiger partial charge is 0.317 e. The van der Waals surface area contributed by atoms with Crippen LogP contribution >= 0.6 is 11.6 Å². The summed E-state index contributed by atoms with van der Waals surface area (Å²) in [4.78, 5) is 14.0. The lowest BCUT2D eigenvalue weighted by Gasteiger charge is -2.33. The minimum absolute atomic E-state index is 0.00193. The molecule has 0 bridgehead atoms. The molecular formula is C16H23ClN2O2. The van der Waals surface area contributed by atoms with Gasteiger partial charge in [-0.05, 0) is 30.0 Å². The van der Waals surface area contributed by atoms with Crippen LogP contribution in [0.15, 0.2) is 24.3 Å². The number of carbonyl (C=O) groups excluding carboxylic acids is 1. The van der Waals surface area contributed by atoms with Gasteiger partial charge in [-0.15, -0.1) is 0 Å². The van der Waals surface area contributed by atoms with Gasteiger partial charge in [-0.3, -0.25) is 0 Å². The van der Waals surface area contributed by atoms with E-state index in [1.165, 1.54) is 0 Å². The van der Waals surface area contributed by atoms with Gasteiger partial charge < -0.3 is 15.0 Å². The molecular weight excluding hydrogens is 288 g/mol. The number of halogens is 1. The Bertz CT molecular complexity index is 462. The fourth-order valence-electron chi connectivity index (χ4n) is 2.29. The number of ether oxygens (including phenoxy) is 1. The molecule has 1 atom stereocenters. The Morgan fingerprint density at radius 1 is 1.43 bits per heavy atom. The first-order valence-electron chi connectivity index (χ1n) is 7.46. The number of morpholine rings is 1. The maximum Gasteiger partial charge on any atom is 0.317 e. The highest BCUT2D eigenvalue weighted by Crippen LogP contribution is 2.23. The molecule has 0 radical (unpaired) electrons. The Morgan fingerprint density at radius 3 is 2.81 bits per heavy atom. The van der Waals surface area contributed by atoms with Gasteiger partial charge in [0.05, 0.1) is 13.2 Å². The van der Waals surface area contributed by atoms with E-state index in [1.54, 1.807) is 0 Å². The summed E-state index contributed by atoms with van der Waals surface area (Å²) in [5, 5.41) is 3.68. The molecule has 1 fully saturated rings. The molecule has 1 aliphatic rings. The van der Waals surface area contributed by atoms with Crippen LogP contribution in [0.3, 0.4) is 0 Å². The molecule has 21 heavy (non-hydrogen) atoms. The van der Waals surface area contributed by atoms with Crippen LogP contribution in [-0.2, 0) is 4.74 Å². The van der Waals surface area contributed by atoms with E-state index in [0.717, 1.165) is 18.5 Å². The molecule has 2 amide bonds. The van der Waals surface area contributed by atoms with Gasteiger partial charge in [-0.25, -0.2) is 4.79 Å². The second kappa shape index (κ2) is 7.66. The third-order valence-corrected chi connectivity index (χ3v) is 3.85. The molecule has 1 heterocycles.